The number of aromatic nitrogens is 1. The molecule has 0 fully saturated rings. The van der Waals surface area contributed by atoms with Crippen molar-refractivity contribution in [3.8, 4) is 33.7 Å². The molecule has 0 atom stereocenters. The fourth-order valence-electron chi connectivity index (χ4n) is 6.97. The van der Waals surface area contributed by atoms with Gasteiger partial charge in [0.2, 0.25) is 0 Å². The Bertz CT molecular complexity index is 2510. The van der Waals surface area contributed by atoms with Crippen LogP contribution in [0.2, 0.25) is 0 Å². The molecule has 0 aliphatic heterocycles. The molecule has 0 radical (unpaired) electrons. The van der Waals surface area contributed by atoms with Gasteiger partial charge >= 0.3 is 0 Å². The Kier molecular flexibility index (Phi) is 5.62. The number of hydrogen-bond acceptors (Lipinski definition) is 2. The highest BCUT2D eigenvalue weighted by Gasteiger charge is 2.21. The van der Waals surface area contributed by atoms with Crippen molar-refractivity contribution in [1.29, 1.82) is 0 Å². The van der Waals surface area contributed by atoms with E-state index >= 15 is 0 Å². The molecule has 44 heavy (non-hydrogen) atoms. The zero-order valence-corrected chi connectivity index (χ0v) is 24.9. The summed E-state index contributed by atoms with van der Waals surface area (Å²) in [5.74, 6) is 0.854. The lowest BCUT2D eigenvalue weighted by atomic mass is 9.84. The lowest BCUT2D eigenvalue weighted by Gasteiger charge is -2.20. The summed E-state index contributed by atoms with van der Waals surface area (Å²) in [4.78, 5) is 0. The van der Waals surface area contributed by atoms with Gasteiger partial charge in [-0.05, 0) is 115 Å². The minimum Gasteiger partial charge on any atom is -0.497 e. The first-order valence-corrected chi connectivity index (χ1v) is 15.8. The van der Waals surface area contributed by atoms with Gasteiger partial charge in [0, 0.05) is 21.2 Å². The Morgan fingerprint density at radius 1 is 0.500 bits per heavy atom. The van der Waals surface area contributed by atoms with Crippen LogP contribution in [0.5, 0.6) is 5.75 Å². The summed E-state index contributed by atoms with van der Waals surface area (Å²) >= 11 is 1.80. The highest BCUT2D eigenvalue weighted by Crippen LogP contribution is 2.48. The second-order valence-corrected chi connectivity index (χ2v) is 12.3. The van der Waals surface area contributed by atoms with Crippen LogP contribution >= 0.6 is 11.3 Å². The molecule has 2 nitrogen and oxygen atoms in total. The van der Waals surface area contributed by atoms with E-state index in [-0.39, 0.29) is 0 Å². The molecule has 7 aromatic carbocycles. The molecule has 0 bridgehead atoms. The Labute approximate surface area is 259 Å². The van der Waals surface area contributed by atoms with Crippen molar-refractivity contribution in [1.82, 2.24) is 4.57 Å². The molecular formula is C41H27NOS. The highest BCUT2D eigenvalue weighted by atomic mass is 32.1. The molecule has 2 heterocycles. The number of nitrogens with zero attached hydrogens (tertiary/aromatic N) is 1. The number of rotatable bonds is 4. The first-order chi connectivity index (χ1) is 21.8. The van der Waals surface area contributed by atoms with E-state index in [0.717, 1.165) is 11.4 Å². The van der Waals surface area contributed by atoms with Crippen molar-refractivity contribution in [3.63, 3.8) is 0 Å². The van der Waals surface area contributed by atoms with Gasteiger partial charge in [-0.3, -0.25) is 0 Å². The molecule has 3 heteroatoms. The maximum Gasteiger partial charge on any atom is 0.118 e. The number of para-hydroxylation sites is 2. The molecule has 0 aliphatic rings. The molecule has 2 aromatic heterocycles. The average Bonchev–Trinajstić information content (AvgIpc) is 3.68. The van der Waals surface area contributed by atoms with Crippen LogP contribution < -0.4 is 4.74 Å². The summed E-state index contributed by atoms with van der Waals surface area (Å²) in [5, 5.41) is 11.1. The van der Waals surface area contributed by atoms with Gasteiger partial charge in [-0.15, -0.1) is 11.3 Å². The normalized spacial score (nSPS) is 11.8. The summed E-state index contributed by atoms with van der Waals surface area (Å²) < 4.78 is 9.29. The van der Waals surface area contributed by atoms with E-state index in [1.807, 2.05) is 0 Å². The third-order valence-corrected chi connectivity index (χ3v) is 9.82. The molecule has 0 amide bonds. The quantitative estimate of drug-likeness (QED) is 0.189. The Morgan fingerprint density at radius 3 is 1.93 bits per heavy atom. The summed E-state index contributed by atoms with van der Waals surface area (Å²) in [7, 11) is 1.72. The van der Waals surface area contributed by atoms with Gasteiger partial charge in [-0.25, -0.2) is 0 Å². The van der Waals surface area contributed by atoms with Gasteiger partial charge < -0.3 is 9.30 Å². The van der Waals surface area contributed by atoms with E-state index in [9.17, 15) is 0 Å². The first-order valence-electron chi connectivity index (χ1n) is 14.9. The number of hydrogen-bond donors (Lipinski definition) is 0. The van der Waals surface area contributed by atoms with E-state index in [1.54, 1.807) is 18.4 Å². The Balaban J connectivity index is 1.54. The number of ether oxygens (including phenoxy) is 1. The molecule has 0 saturated carbocycles. The van der Waals surface area contributed by atoms with E-state index in [4.69, 9.17) is 4.74 Å². The average molecular weight is 582 g/mol. The van der Waals surface area contributed by atoms with Gasteiger partial charge in [0.1, 0.15) is 5.75 Å². The molecule has 9 aromatic rings. The van der Waals surface area contributed by atoms with E-state index in [1.165, 1.54) is 75.7 Å². The second kappa shape index (κ2) is 9.84. The van der Waals surface area contributed by atoms with Crippen molar-refractivity contribution < 1.29 is 4.74 Å². The van der Waals surface area contributed by atoms with Crippen LogP contribution in [-0.2, 0) is 0 Å². The van der Waals surface area contributed by atoms with E-state index in [2.05, 4.69) is 149 Å². The summed E-state index contributed by atoms with van der Waals surface area (Å²) in [5.41, 5.74) is 8.46. The van der Waals surface area contributed by atoms with Crippen LogP contribution in [0.1, 0.15) is 0 Å². The van der Waals surface area contributed by atoms with Crippen LogP contribution in [0.3, 0.4) is 0 Å². The molecule has 9 rings (SSSR count). The number of fused-ring (bicyclic) bond motifs is 7. The lowest BCUT2D eigenvalue weighted by Crippen LogP contribution is -1.95. The largest absolute Gasteiger partial charge is 0.497 e. The summed E-state index contributed by atoms with van der Waals surface area (Å²) in [6.07, 6.45) is 0. The highest BCUT2D eigenvalue weighted by molar-refractivity contribution is 7.17. The molecule has 0 saturated heterocycles. The van der Waals surface area contributed by atoms with Crippen molar-refractivity contribution in [2.45, 2.75) is 0 Å². The van der Waals surface area contributed by atoms with E-state index in [0.29, 0.717) is 0 Å². The van der Waals surface area contributed by atoms with Crippen molar-refractivity contribution in [2.24, 2.45) is 0 Å². The minimum atomic E-state index is 0.854. The van der Waals surface area contributed by atoms with Crippen molar-refractivity contribution >= 4 is 64.8 Å². The predicted octanol–water partition coefficient (Wildman–Crippen LogP) is 11.6. The summed E-state index contributed by atoms with van der Waals surface area (Å²) in [6.45, 7) is 0. The minimum absolute atomic E-state index is 0.854. The van der Waals surface area contributed by atoms with E-state index < -0.39 is 0 Å². The summed E-state index contributed by atoms with van der Waals surface area (Å²) in [6, 6.07) is 50.8. The van der Waals surface area contributed by atoms with Crippen molar-refractivity contribution in [2.75, 3.05) is 7.11 Å². The molecule has 0 N–H and O–H groups in total. The maximum atomic E-state index is 5.57. The number of benzene rings is 7. The van der Waals surface area contributed by atoms with Gasteiger partial charge in [0.25, 0.3) is 0 Å². The van der Waals surface area contributed by atoms with Crippen LogP contribution in [0, 0.1) is 0 Å². The van der Waals surface area contributed by atoms with Gasteiger partial charge in [0.15, 0.2) is 0 Å². The third kappa shape index (κ3) is 3.73. The second-order valence-electron chi connectivity index (χ2n) is 11.3. The Hall–Kier alpha value is -5.38. The van der Waals surface area contributed by atoms with Gasteiger partial charge in [0.05, 0.1) is 18.1 Å². The standard InChI is InChI=1S/C41H27NOS/c1-43-30-18-16-27(17-19-30)41-35-24-38-34(31-14-8-9-15-37(31)42(38)29-12-6-3-7-13-29)23-33(35)32-22-28-20-21-44-39(28)25-36(32)40(41)26-10-4-2-5-11-26/h2-25H,1H3. The topological polar surface area (TPSA) is 14.2 Å². The Morgan fingerprint density at radius 2 is 1.16 bits per heavy atom. The zero-order chi connectivity index (χ0) is 29.2. The fraction of sp³-hybridized carbons (Fsp3) is 0.0244. The SMILES string of the molecule is COc1ccc(-c2c(-c3ccccc3)c3cc4sccc4cc3c3cc4c5ccccc5n(-c5ccccc5)c4cc23)cc1. The number of methoxy groups -OCH3 is 1. The maximum absolute atomic E-state index is 5.57. The molecule has 0 aliphatic carbocycles. The van der Waals surface area contributed by atoms with Crippen molar-refractivity contribution in [3.05, 3.63) is 145 Å². The number of thiophene rings is 1. The van der Waals surface area contributed by atoms with Gasteiger partial charge in [-0.2, -0.15) is 0 Å². The lowest BCUT2D eigenvalue weighted by molar-refractivity contribution is 0.415. The smallest absolute Gasteiger partial charge is 0.118 e. The van der Waals surface area contributed by atoms with Gasteiger partial charge in [-0.1, -0.05) is 78.9 Å². The van der Waals surface area contributed by atoms with Crippen LogP contribution in [0.25, 0.3) is 81.4 Å². The van der Waals surface area contributed by atoms with Crippen LogP contribution in [0.15, 0.2) is 145 Å². The molecular weight excluding hydrogens is 555 g/mol. The zero-order valence-electron chi connectivity index (χ0n) is 24.1. The molecule has 0 spiro atoms. The first kappa shape index (κ1) is 25.1. The fourth-order valence-corrected chi connectivity index (χ4v) is 7.78. The predicted molar refractivity (Wildman–Crippen MR) is 189 cm³/mol. The van der Waals surface area contributed by atoms with Crippen LogP contribution in [0.4, 0.5) is 0 Å². The monoisotopic (exact) mass is 581 g/mol. The molecule has 208 valence electrons. The molecule has 0 unspecified atom stereocenters. The van der Waals surface area contributed by atoms with Crippen LogP contribution in [-0.4, -0.2) is 11.7 Å². The third-order valence-electron chi connectivity index (χ3n) is 8.94.